The molecule has 0 bridgehead atoms. The summed E-state index contributed by atoms with van der Waals surface area (Å²) in [5.74, 6) is 2.07. The molecule has 0 saturated heterocycles. The maximum absolute atomic E-state index is 2.36. The van der Waals surface area contributed by atoms with Gasteiger partial charge in [-0.05, 0) is 11.8 Å². The Morgan fingerprint density at radius 3 is 0.938 bits per heavy atom. The Hall–Kier alpha value is 0. The zero-order valence-corrected chi connectivity index (χ0v) is 10.2. The summed E-state index contributed by atoms with van der Waals surface area (Å²) in [5.41, 5.74) is 0. The first-order valence-electron chi connectivity index (χ1n) is 6.79. The Bertz CT molecular complexity index is 105. The van der Waals surface area contributed by atoms with E-state index < -0.39 is 0 Å². The fraction of sp³-hybridized carbons (Fsp3) is 1.00. The first-order chi connectivity index (χ1) is 6.79. The normalized spacial score (nSPS) is 22.1. The lowest BCUT2D eigenvalue weighted by atomic mass is 9.91. The van der Waals surface area contributed by atoms with E-state index in [0.29, 0.717) is 0 Å². The van der Waals surface area contributed by atoms with Crippen LogP contribution in [0, 0.1) is 11.8 Å². The highest BCUT2D eigenvalue weighted by Gasteiger charge is 2.06. The van der Waals surface area contributed by atoms with Gasteiger partial charge in [-0.3, -0.25) is 0 Å². The number of hydrogen-bond acceptors (Lipinski definition) is 0. The molecule has 0 atom stereocenters. The molecule has 0 aromatic rings. The van der Waals surface area contributed by atoms with Crippen molar-refractivity contribution in [3.05, 3.63) is 0 Å². The third-order valence-electron chi connectivity index (χ3n) is 3.79. The highest BCUT2D eigenvalue weighted by atomic mass is 14.1. The molecule has 0 aliphatic heterocycles. The van der Waals surface area contributed by atoms with Crippen molar-refractivity contribution in [2.24, 2.45) is 11.8 Å². The monoisotopic (exact) mass is 231 g/mol. The minimum Gasteiger partial charge on any atom is -0.0776 e. The van der Waals surface area contributed by atoms with Crippen LogP contribution in [-0.4, -0.2) is 0 Å². The molecule has 2 saturated carbocycles. The van der Waals surface area contributed by atoms with E-state index in [9.17, 15) is 0 Å². The Labute approximate surface area is 107 Å². The Balaban J connectivity index is -0.000000196. The second-order valence-corrected chi connectivity index (χ2v) is 5.49. The van der Waals surface area contributed by atoms with Crippen LogP contribution in [-0.2, 0) is 0 Å². The summed E-state index contributed by atoms with van der Waals surface area (Å²) < 4.78 is 0. The Kier molecular flexibility index (Phi) is 13.2. The molecule has 2 aliphatic carbocycles. The van der Waals surface area contributed by atoms with Crippen LogP contribution in [0.15, 0.2) is 0 Å². The fourth-order valence-corrected chi connectivity index (χ4v) is 2.61. The second-order valence-electron chi connectivity index (χ2n) is 5.49. The van der Waals surface area contributed by atoms with Crippen molar-refractivity contribution in [2.45, 2.75) is 92.9 Å². The molecule has 2 aliphatic rings. The highest BCUT2D eigenvalue weighted by Crippen LogP contribution is 2.22. The van der Waals surface area contributed by atoms with Crippen molar-refractivity contribution < 1.29 is 1.43 Å². The van der Waals surface area contributed by atoms with Crippen molar-refractivity contribution in [1.29, 1.82) is 0 Å². The molecule has 0 nitrogen and oxygen atoms in total. The lowest BCUT2D eigenvalue weighted by molar-refractivity contribution is 0.385. The van der Waals surface area contributed by atoms with E-state index in [1.807, 2.05) is 0 Å². The van der Waals surface area contributed by atoms with Crippen molar-refractivity contribution in [2.75, 3.05) is 0 Å². The fourth-order valence-electron chi connectivity index (χ4n) is 2.61. The van der Waals surface area contributed by atoms with Gasteiger partial charge in [0, 0.05) is 1.43 Å². The van der Waals surface area contributed by atoms with E-state index in [0.717, 1.165) is 11.8 Å². The average Bonchev–Trinajstić information content (AvgIpc) is 2.21. The van der Waals surface area contributed by atoms with Gasteiger partial charge in [-0.2, -0.15) is 0 Å². The molecule has 0 aromatic carbocycles. The van der Waals surface area contributed by atoms with Gasteiger partial charge in [-0.25, -0.2) is 0 Å². The summed E-state index contributed by atoms with van der Waals surface area (Å²) in [6.45, 7) is 4.72. The van der Waals surface area contributed by atoms with Crippen molar-refractivity contribution >= 4 is 0 Å². The SMILES string of the molecule is C.C.CC1CCCCC1.CC1CCCCC1.[2HH]. The molecule has 2 fully saturated rings. The first kappa shape index (κ1) is 18.4. The number of hydrogen-bond donors (Lipinski definition) is 0. The van der Waals surface area contributed by atoms with Gasteiger partial charge < -0.3 is 0 Å². The minimum atomic E-state index is 0. The van der Waals surface area contributed by atoms with Gasteiger partial charge in [0.25, 0.3) is 0 Å². The van der Waals surface area contributed by atoms with Crippen LogP contribution in [0.2, 0.25) is 0 Å². The summed E-state index contributed by atoms with van der Waals surface area (Å²) in [5, 5.41) is 0. The molecular formula is C16H38. The molecule has 0 heteroatoms. The van der Waals surface area contributed by atoms with Crippen molar-refractivity contribution in [3.63, 3.8) is 0 Å². The third kappa shape index (κ3) is 9.24. The van der Waals surface area contributed by atoms with Gasteiger partial charge >= 0.3 is 0 Å². The Morgan fingerprint density at radius 1 is 0.562 bits per heavy atom. The first-order valence-corrected chi connectivity index (χ1v) is 6.79. The summed E-state index contributed by atoms with van der Waals surface area (Å²) in [6, 6.07) is 0. The molecule has 0 spiro atoms. The standard InChI is InChI=1S/2C7H14.2CH4.H2/c2*1-7-5-3-2-4-6-7;;;/h2*7H,2-6H2,1H3;2*1H4;1H/i;;;;1+1. The lowest BCUT2D eigenvalue weighted by Crippen LogP contribution is -1.99. The summed E-state index contributed by atoms with van der Waals surface area (Å²) in [6.07, 6.45) is 14.9. The molecule has 0 amide bonds. The van der Waals surface area contributed by atoms with Crippen LogP contribution in [0.4, 0.5) is 0 Å². The largest absolute Gasteiger partial charge is 0.0776 e. The summed E-state index contributed by atoms with van der Waals surface area (Å²) >= 11 is 0. The van der Waals surface area contributed by atoms with Crippen LogP contribution in [0.1, 0.15) is 94.3 Å². The topological polar surface area (TPSA) is 0 Å². The van der Waals surface area contributed by atoms with Crippen LogP contribution in [0.3, 0.4) is 0 Å². The average molecular weight is 231 g/mol. The smallest absolute Gasteiger partial charge is 0 e. The molecule has 102 valence electrons. The van der Waals surface area contributed by atoms with Crippen LogP contribution in [0.25, 0.3) is 0 Å². The molecule has 0 N–H and O–H groups in total. The van der Waals surface area contributed by atoms with Crippen LogP contribution >= 0.6 is 0 Å². The Morgan fingerprint density at radius 2 is 0.812 bits per heavy atom. The van der Waals surface area contributed by atoms with E-state index in [2.05, 4.69) is 13.8 Å². The molecule has 0 unspecified atom stereocenters. The van der Waals surface area contributed by atoms with Crippen LogP contribution < -0.4 is 0 Å². The van der Waals surface area contributed by atoms with E-state index in [1.54, 1.807) is 0 Å². The summed E-state index contributed by atoms with van der Waals surface area (Å²) in [4.78, 5) is 0. The van der Waals surface area contributed by atoms with Gasteiger partial charge in [-0.15, -0.1) is 0 Å². The predicted octanol–water partition coefficient (Wildman–Crippen LogP) is 6.69. The zero-order valence-electron chi connectivity index (χ0n) is 10.2. The lowest BCUT2D eigenvalue weighted by Gasteiger charge is -2.15. The molecule has 0 heterocycles. The third-order valence-corrected chi connectivity index (χ3v) is 3.79. The van der Waals surface area contributed by atoms with Gasteiger partial charge in [0.05, 0.1) is 0 Å². The van der Waals surface area contributed by atoms with E-state index >= 15 is 0 Å². The van der Waals surface area contributed by atoms with Gasteiger partial charge in [-0.1, -0.05) is 92.9 Å². The highest BCUT2D eigenvalue weighted by molar-refractivity contribution is 4.60. The predicted molar refractivity (Wildman–Crippen MR) is 80.1 cm³/mol. The maximum Gasteiger partial charge on any atom is 0 e. The van der Waals surface area contributed by atoms with Gasteiger partial charge in [0.2, 0.25) is 0 Å². The van der Waals surface area contributed by atoms with E-state index in [4.69, 9.17) is 0 Å². The van der Waals surface area contributed by atoms with Crippen molar-refractivity contribution in [3.8, 4) is 0 Å². The van der Waals surface area contributed by atoms with E-state index in [1.165, 1.54) is 64.2 Å². The quantitative estimate of drug-likeness (QED) is 0.435. The molecule has 2 rings (SSSR count). The maximum atomic E-state index is 2.36. The molecular weight excluding hydrogens is 192 g/mol. The summed E-state index contributed by atoms with van der Waals surface area (Å²) in [7, 11) is 0. The van der Waals surface area contributed by atoms with Gasteiger partial charge in [0.15, 0.2) is 0 Å². The molecule has 16 heavy (non-hydrogen) atoms. The minimum absolute atomic E-state index is 0. The van der Waals surface area contributed by atoms with Crippen molar-refractivity contribution in [1.82, 2.24) is 0 Å². The van der Waals surface area contributed by atoms with E-state index in [-0.39, 0.29) is 16.3 Å². The molecule has 0 aromatic heterocycles. The van der Waals surface area contributed by atoms with Gasteiger partial charge in [0.1, 0.15) is 0 Å². The van der Waals surface area contributed by atoms with Crippen LogP contribution in [0.5, 0.6) is 0 Å². The zero-order chi connectivity index (χ0) is 10.2. The second kappa shape index (κ2) is 11.5. The number of rotatable bonds is 0. The molecule has 0 radical (unpaired) electrons.